The van der Waals surface area contributed by atoms with E-state index in [-0.39, 0.29) is 0 Å². The lowest BCUT2D eigenvalue weighted by atomic mass is 9.90. The predicted octanol–water partition coefficient (Wildman–Crippen LogP) is 1.86. The minimum Gasteiger partial charge on any atom is -0.389 e. The van der Waals surface area contributed by atoms with Gasteiger partial charge in [-0.05, 0) is 19.4 Å². The van der Waals surface area contributed by atoms with Gasteiger partial charge in [-0.25, -0.2) is 0 Å². The van der Waals surface area contributed by atoms with E-state index in [2.05, 4.69) is 35.2 Å². The fourth-order valence-corrected chi connectivity index (χ4v) is 2.18. The van der Waals surface area contributed by atoms with Crippen LogP contribution in [0.4, 0.5) is 0 Å². The lowest BCUT2D eigenvalue weighted by Gasteiger charge is -2.42. The molecular weight excluding hydrogens is 186 g/mol. The summed E-state index contributed by atoms with van der Waals surface area (Å²) in [5.74, 6) is 0.661. The minimum atomic E-state index is -0.568. The molecule has 0 saturated carbocycles. The number of likely N-dealkylation sites (tertiary alicyclic amines) is 1. The van der Waals surface area contributed by atoms with E-state index in [0.717, 1.165) is 19.6 Å². The van der Waals surface area contributed by atoms with Gasteiger partial charge in [0.15, 0.2) is 0 Å². The molecule has 0 atom stereocenters. The summed E-state index contributed by atoms with van der Waals surface area (Å²) in [5.41, 5.74) is 0.853. The second-order valence-electron chi connectivity index (χ2n) is 5.11. The van der Waals surface area contributed by atoms with E-state index in [1.807, 2.05) is 13.8 Å². The van der Waals surface area contributed by atoms with Gasteiger partial charge in [0.05, 0.1) is 5.60 Å². The summed E-state index contributed by atoms with van der Waals surface area (Å²) in [4.78, 5) is 2.30. The molecule has 2 rings (SSSR count). The van der Waals surface area contributed by atoms with E-state index in [1.54, 1.807) is 0 Å². The van der Waals surface area contributed by atoms with Crippen LogP contribution in [0.1, 0.15) is 25.3 Å². The highest BCUT2D eigenvalue weighted by molar-refractivity contribution is 5.22. The summed E-state index contributed by atoms with van der Waals surface area (Å²) in [5, 5.41) is 9.67. The van der Waals surface area contributed by atoms with Crippen LogP contribution in [0.5, 0.6) is 0 Å². The molecule has 82 valence electrons. The Balaban J connectivity index is 1.84. The standard InChI is InChI=1S/C13H19NO/c1-13(2,15)10-14-8-12(9-14)11-6-4-3-5-7-11/h3-7,12,15H,8-10H2,1-2H3. The van der Waals surface area contributed by atoms with Crippen molar-refractivity contribution in [2.24, 2.45) is 0 Å². The maximum atomic E-state index is 9.67. The Labute approximate surface area is 91.5 Å². The van der Waals surface area contributed by atoms with E-state index in [9.17, 15) is 5.11 Å². The van der Waals surface area contributed by atoms with E-state index in [1.165, 1.54) is 5.56 Å². The Morgan fingerprint density at radius 3 is 2.40 bits per heavy atom. The van der Waals surface area contributed by atoms with E-state index in [4.69, 9.17) is 0 Å². The SMILES string of the molecule is CC(C)(O)CN1CC(c2ccccc2)C1. The summed E-state index contributed by atoms with van der Waals surface area (Å²) in [7, 11) is 0. The normalized spacial score (nSPS) is 18.9. The molecule has 0 unspecified atom stereocenters. The monoisotopic (exact) mass is 205 g/mol. The van der Waals surface area contributed by atoms with Crippen LogP contribution in [-0.2, 0) is 0 Å². The van der Waals surface area contributed by atoms with Crippen LogP contribution >= 0.6 is 0 Å². The summed E-state index contributed by atoms with van der Waals surface area (Å²) >= 11 is 0. The fourth-order valence-electron chi connectivity index (χ4n) is 2.18. The first-order valence-corrected chi connectivity index (χ1v) is 5.54. The molecule has 1 saturated heterocycles. The highest BCUT2D eigenvalue weighted by atomic mass is 16.3. The highest BCUT2D eigenvalue weighted by Gasteiger charge is 2.30. The van der Waals surface area contributed by atoms with Crippen molar-refractivity contribution < 1.29 is 5.11 Å². The van der Waals surface area contributed by atoms with Gasteiger partial charge in [-0.1, -0.05) is 30.3 Å². The van der Waals surface area contributed by atoms with E-state index in [0.29, 0.717) is 5.92 Å². The number of nitrogens with zero attached hydrogens (tertiary/aromatic N) is 1. The summed E-state index contributed by atoms with van der Waals surface area (Å²) in [6.07, 6.45) is 0. The third-order valence-electron chi connectivity index (χ3n) is 2.84. The van der Waals surface area contributed by atoms with Gasteiger partial charge in [0, 0.05) is 25.6 Å². The zero-order valence-corrected chi connectivity index (χ0v) is 9.48. The Bertz CT molecular complexity index is 309. The van der Waals surface area contributed by atoms with Crippen molar-refractivity contribution in [2.75, 3.05) is 19.6 Å². The molecule has 1 aliphatic rings. The molecule has 1 heterocycles. The molecule has 0 aromatic heterocycles. The maximum absolute atomic E-state index is 9.67. The maximum Gasteiger partial charge on any atom is 0.0718 e. The Morgan fingerprint density at radius 1 is 1.27 bits per heavy atom. The second-order valence-corrected chi connectivity index (χ2v) is 5.11. The average molecular weight is 205 g/mol. The number of hydrogen-bond acceptors (Lipinski definition) is 2. The minimum absolute atomic E-state index is 0.568. The van der Waals surface area contributed by atoms with E-state index < -0.39 is 5.60 Å². The molecule has 0 bridgehead atoms. The van der Waals surface area contributed by atoms with Gasteiger partial charge in [-0.15, -0.1) is 0 Å². The zero-order valence-electron chi connectivity index (χ0n) is 9.48. The highest BCUT2D eigenvalue weighted by Crippen LogP contribution is 2.27. The van der Waals surface area contributed by atoms with Crippen LogP contribution in [0.3, 0.4) is 0 Å². The Kier molecular flexibility index (Phi) is 2.81. The van der Waals surface area contributed by atoms with Gasteiger partial charge < -0.3 is 5.11 Å². The zero-order chi connectivity index (χ0) is 10.9. The van der Waals surface area contributed by atoms with Gasteiger partial charge in [-0.3, -0.25) is 4.90 Å². The molecule has 1 N–H and O–H groups in total. The number of benzene rings is 1. The van der Waals surface area contributed by atoms with Crippen molar-refractivity contribution in [2.45, 2.75) is 25.4 Å². The molecule has 1 aromatic carbocycles. The van der Waals surface area contributed by atoms with Crippen molar-refractivity contribution in [3.05, 3.63) is 35.9 Å². The van der Waals surface area contributed by atoms with Gasteiger partial charge >= 0.3 is 0 Å². The molecule has 1 aromatic rings. The Morgan fingerprint density at radius 2 is 1.87 bits per heavy atom. The summed E-state index contributed by atoms with van der Waals surface area (Å²) in [6.45, 7) is 6.66. The third kappa shape index (κ3) is 2.80. The van der Waals surface area contributed by atoms with Gasteiger partial charge in [-0.2, -0.15) is 0 Å². The quantitative estimate of drug-likeness (QED) is 0.814. The predicted molar refractivity (Wildman–Crippen MR) is 61.9 cm³/mol. The smallest absolute Gasteiger partial charge is 0.0718 e. The van der Waals surface area contributed by atoms with Crippen molar-refractivity contribution in [1.82, 2.24) is 4.90 Å². The number of rotatable bonds is 3. The van der Waals surface area contributed by atoms with Gasteiger partial charge in [0.1, 0.15) is 0 Å². The summed E-state index contributed by atoms with van der Waals surface area (Å²) in [6, 6.07) is 10.6. The van der Waals surface area contributed by atoms with Crippen LogP contribution < -0.4 is 0 Å². The van der Waals surface area contributed by atoms with E-state index >= 15 is 0 Å². The van der Waals surface area contributed by atoms with Crippen molar-refractivity contribution >= 4 is 0 Å². The second kappa shape index (κ2) is 3.95. The molecule has 0 radical (unpaired) electrons. The topological polar surface area (TPSA) is 23.5 Å². The lowest BCUT2D eigenvalue weighted by molar-refractivity contribution is 0.00736. The summed E-state index contributed by atoms with van der Waals surface area (Å²) < 4.78 is 0. The van der Waals surface area contributed by atoms with Crippen molar-refractivity contribution in [3.8, 4) is 0 Å². The first-order valence-electron chi connectivity index (χ1n) is 5.54. The van der Waals surface area contributed by atoms with Crippen molar-refractivity contribution in [1.29, 1.82) is 0 Å². The number of hydrogen-bond donors (Lipinski definition) is 1. The molecule has 0 spiro atoms. The van der Waals surface area contributed by atoms with Crippen molar-refractivity contribution in [3.63, 3.8) is 0 Å². The molecule has 15 heavy (non-hydrogen) atoms. The molecule has 2 nitrogen and oxygen atoms in total. The van der Waals surface area contributed by atoms with Gasteiger partial charge in [0.2, 0.25) is 0 Å². The largest absolute Gasteiger partial charge is 0.389 e. The van der Waals surface area contributed by atoms with Crippen LogP contribution in [-0.4, -0.2) is 35.2 Å². The fraction of sp³-hybridized carbons (Fsp3) is 0.538. The molecule has 0 aliphatic carbocycles. The molecule has 1 fully saturated rings. The third-order valence-corrected chi connectivity index (χ3v) is 2.84. The lowest BCUT2D eigenvalue weighted by Crippen LogP contribution is -2.50. The van der Waals surface area contributed by atoms with Gasteiger partial charge in [0.25, 0.3) is 0 Å². The van der Waals surface area contributed by atoms with Crippen LogP contribution in [0.2, 0.25) is 0 Å². The first kappa shape index (κ1) is 10.7. The van der Waals surface area contributed by atoms with Crippen LogP contribution in [0.15, 0.2) is 30.3 Å². The first-order chi connectivity index (χ1) is 7.04. The molecule has 0 amide bonds. The van der Waals surface area contributed by atoms with Crippen LogP contribution in [0, 0.1) is 0 Å². The Hall–Kier alpha value is -0.860. The molecule has 2 heteroatoms. The van der Waals surface area contributed by atoms with Crippen LogP contribution in [0.25, 0.3) is 0 Å². The number of β-amino-alcohol motifs (C(OH)–C–C–N with tert-alkyl or cyclic N) is 1. The average Bonchev–Trinajstić information content (AvgIpc) is 2.11. The number of aliphatic hydroxyl groups is 1. The molecule has 1 aliphatic heterocycles. The molecular formula is C13H19NO.